The number of benzene rings is 1. The number of rotatable bonds is 3. The zero-order chi connectivity index (χ0) is 10.7. The fraction of sp³-hybridized carbons (Fsp3) is 0.222. The number of halogens is 1. The number of carbonyl (C=O) groups is 1. The molecule has 0 radical (unpaired) electrons. The molecule has 0 heterocycles. The van der Waals surface area contributed by atoms with Crippen molar-refractivity contribution in [3.8, 4) is 0 Å². The highest BCUT2D eigenvalue weighted by Gasteiger charge is 2.20. The summed E-state index contributed by atoms with van der Waals surface area (Å²) in [6.45, 7) is 1.61. The van der Waals surface area contributed by atoms with Crippen molar-refractivity contribution >= 4 is 27.4 Å². The summed E-state index contributed by atoms with van der Waals surface area (Å²) in [6.07, 6.45) is 0. The van der Waals surface area contributed by atoms with E-state index in [0.29, 0.717) is 5.56 Å². The van der Waals surface area contributed by atoms with Crippen LogP contribution in [0.2, 0.25) is 0 Å². The standard InChI is InChI=1S/C9H8BrNO3/c1-6-3-2-4-7(8(12)5-10)9(6)11(13)14/h2-4H,5H2,1H3. The number of aryl methyl sites for hydroxylation is 1. The molecule has 0 amide bonds. The van der Waals surface area contributed by atoms with Crippen LogP contribution in [0.5, 0.6) is 0 Å². The Morgan fingerprint density at radius 1 is 1.57 bits per heavy atom. The van der Waals surface area contributed by atoms with E-state index in [1.165, 1.54) is 6.07 Å². The molecule has 0 N–H and O–H groups in total. The predicted molar refractivity (Wildman–Crippen MR) is 56.0 cm³/mol. The highest BCUT2D eigenvalue weighted by molar-refractivity contribution is 9.09. The lowest BCUT2D eigenvalue weighted by Gasteiger charge is -2.01. The molecule has 0 bridgehead atoms. The minimum absolute atomic E-state index is 0.0945. The molecule has 0 aliphatic rings. The van der Waals surface area contributed by atoms with Gasteiger partial charge in [0, 0.05) is 5.56 Å². The fourth-order valence-corrected chi connectivity index (χ4v) is 1.50. The van der Waals surface area contributed by atoms with Crippen molar-refractivity contribution in [2.45, 2.75) is 6.92 Å². The average Bonchev–Trinajstić information content (AvgIpc) is 2.15. The minimum atomic E-state index is -0.523. The maximum absolute atomic E-state index is 11.3. The van der Waals surface area contributed by atoms with Gasteiger partial charge in [0.15, 0.2) is 5.78 Å². The third-order valence-corrected chi connectivity index (χ3v) is 2.35. The van der Waals surface area contributed by atoms with Gasteiger partial charge in [-0.2, -0.15) is 0 Å². The normalized spacial score (nSPS) is 9.86. The molecule has 0 aliphatic carbocycles. The zero-order valence-corrected chi connectivity index (χ0v) is 9.08. The predicted octanol–water partition coefficient (Wildman–Crippen LogP) is 2.48. The van der Waals surface area contributed by atoms with E-state index in [2.05, 4.69) is 15.9 Å². The lowest BCUT2D eigenvalue weighted by Crippen LogP contribution is -2.05. The molecule has 0 aromatic heterocycles. The van der Waals surface area contributed by atoms with Crippen molar-refractivity contribution in [2.75, 3.05) is 5.33 Å². The Hall–Kier alpha value is -1.23. The van der Waals surface area contributed by atoms with E-state index in [1.807, 2.05) is 0 Å². The smallest absolute Gasteiger partial charge is 0.283 e. The van der Waals surface area contributed by atoms with Crippen LogP contribution in [0.1, 0.15) is 15.9 Å². The number of carbonyl (C=O) groups excluding carboxylic acids is 1. The molecule has 0 saturated carbocycles. The second kappa shape index (κ2) is 4.32. The molecule has 0 unspecified atom stereocenters. The number of Topliss-reactive ketones (excluding diaryl/α,β-unsaturated/α-hetero) is 1. The Morgan fingerprint density at radius 3 is 2.71 bits per heavy atom. The maximum Gasteiger partial charge on any atom is 0.283 e. The Kier molecular flexibility index (Phi) is 3.35. The second-order valence-electron chi connectivity index (χ2n) is 2.78. The van der Waals surface area contributed by atoms with Crippen LogP contribution in [0, 0.1) is 17.0 Å². The van der Waals surface area contributed by atoms with Gasteiger partial charge in [0.1, 0.15) is 0 Å². The molecule has 0 aliphatic heterocycles. The Balaban J connectivity index is 3.35. The summed E-state index contributed by atoms with van der Waals surface area (Å²) >= 11 is 2.99. The van der Waals surface area contributed by atoms with Crippen molar-refractivity contribution in [1.82, 2.24) is 0 Å². The van der Waals surface area contributed by atoms with Gasteiger partial charge in [-0.15, -0.1) is 0 Å². The second-order valence-corrected chi connectivity index (χ2v) is 3.35. The van der Waals surface area contributed by atoms with Crippen LogP contribution in [0.25, 0.3) is 0 Å². The third-order valence-electron chi connectivity index (χ3n) is 1.84. The number of nitro benzene ring substituents is 1. The van der Waals surface area contributed by atoms with Crippen molar-refractivity contribution in [1.29, 1.82) is 0 Å². The number of nitrogens with zero attached hydrogens (tertiary/aromatic N) is 1. The first-order valence-corrected chi connectivity index (χ1v) is 5.03. The lowest BCUT2D eigenvalue weighted by atomic mass is 10.1. The van der Waals surface area contributed by atoms with Gasteiger partial charge in [0.2, 0.25) is 0 Å². The van der Waals surface area contributed by atoms with E-state index in [1.54, 1.807) is 19.1 Å². The third kappa shape index (κ3) is 1.98. The summed E-state index contributed by atoms with van der Waals surface area (Å²) < 4.78 is 0. The Labute approximate surface area is 89.2 Å². The summed E-state index contributed by atoms with van der Waals surface area (Å²) in [5.41, 5.74) is 0.561. The number of ketones is 1. The first kappa shape index (κ1) is 10.8. The topological polar surface area (TPSA) is 60.2 Å². The summed E-state index contributed by atoms with van der Waals surface area (Å²) in [7, 11) is 0. The molecule has 5 heteroatoms. The van der Waals surface area contributed by atoms with Crippen molar-refractivity contribution < 1.29 is 9.72 Å². The van der Waals surface area contributed by atoms with Crippen LogP contribution < -0.4 is 0 Å². The van der Waals surface area contributed by atoms with Crippen molar-refractivity contribution in [3.63, 3.8) is 0 Å². The van der Waals surface area contributed by atoms with Crippen LogP contribution in [-0.2, 0) is 0 Å². The number of hydrogen-bond donors (Lipinski definition) is 0. The SMILES string of the molecule is Cc1cccc(C(=O)CBr)c1[N+](=O)[O-]. The van der Waals surface area contributed by atoms with Gasteiger partial charge < -0.3 is 0 Å². The average molecular weight is 258 g/mol. The lowest BCUT2D eigenvalue weighted by molar-refractivity contribution is -0.385. The molecule has 4 nitrogen and oxygen atoms in total. The van der Waals surface area contributed by atoms with E-state index in [0.717, 1.165) is 0 Å². The molecular formula is C9H8BrNO3. The van der Waals surface area contributed by atoms with Gasteiger partial charge in [-0.3, -0.25) is 14.9 Å². The fourth-order valence-electron chi connectivity index (χ4n) is 1.20. The summed E-state index contributed by atoms with van der Waals surface area (Å²) in [4.78, 5) is 21.5. The van der Waals surface area contributed by atoms with E-state index in [9.17, 15) is 14.9 Å². The van der Waals surface area contributed by atoms with Gasteiger partial charge in [0.25, 0.3) is 5.69 Å². The van der Waals surface area contributed by atoms with Crippen LogP contribution in [0.3, 0.4) is 0 Å². The molecule has 1 aromatic carbocycles. The highest BCUT2D eigenvalue weighted by atomic mass is 79.9. The molecule has 74 valence electrons. The number of para-hydroxylation sites is 1. The molecular weight excluding hydrogens is 250 g/mol. The summed E-state index contributed by atoms with van der Waals surface area (Å²) in [6, 6.07) is 4.72. The Bertz CT molecular complexity index is 390. The van der Waals surface area contributed by atoms with E-state index >= 15 is 0 Å². The molecule has 0 saturated heterocycles. The van der Waals surface area contributed by atoms with E-state index < -0.39 is 4.92 Å². The molecule has 0 atom stereocenters. The van der Waals surface area contributed by atoms with E-state index in [4.69, 9.17) is 0 Å². The van der Waals surface area contributed by atoms with Gasteiger partial charge in [0.05, 0.1) is 15.8 Å². The van der Waals surface area contributed by atoms with Crippen LogP contribution in [-0.4, -0.2) is 16.0 Å². The molecule has 14 heavy (non-hydrogen) atoms. The van der Waals surface area contributed by atoms with Gasteiger partial charge in [-0.25, -0.2) is 0 Å². The number of nitro groups is 1. The van der Waals surface area contributed by atoms with Crippen LogP contribution in [0.15, 0.2) is 18.2 Å². The van der Waals surface area contributed by atoms with Gasteiger partial charge >= 0.3 is 0 Å². The van der Waals surface area contributed by atoms with Gasteiger partial charge in [-0.05, 0) is 13.0 Å². The molecule has 0 fully saturated rings. The minimum Gasteiger partial charge on any atom is -0.293 e. The Morgan fingerprint density at radius 2 is 2.21 bits per heavy atom. The van der Waals surface area contributed by atoms with Crippen LogP contribution in [0.4, 0.5) is 5.69 Å². The molecule has 1 aromatic rings. The van der Waals surface area contributed by atoms with Crippen molar-refractivity contribution in [3.05, 3.63) is 39.4 Å². The first-order valence-electron chi connectivity index (χ1n) is 3.91. The maximum atomic E-state index is 11.3. The zero-order valence-electron chi connectivity index (χ0n) is 7.49. The quantitative estimate of drug-likeness (QED) is 0.362. The van der Waals surface area contributed by atoms with E-state index in [-0.39, 0.29) is 22.4 Å². The monoisotopic (exact) mass is 257 g/mol. The largest absolute Gasteiger partial charge is 0.293 e. The highest BCUT2D eigenvalue weighted by Crippen LogP contribution is 2.23. The van der Waals surface area contributed by atoms with Crippen LogP contribution >= 0.6 is 15.9 Å². The summed E-state index contributed by atoms with van der Waals surface area (Å²) in [5, 5.41) is 10.8. The van der Waals surface area contributed by atoms with Gasteiger partial charge in [-0.1, -0.05) is 28.1 Å². The summed E-state index contributed by atoms with van der Waals surface area (Å²) in [5.74, 6) is -0.277. The molecule has 1 rings (SSSR count). The first-order chi connectivity index (χ1) is 6.57. The van der Waals surface area contributed by atoms with Crippen molar-refractivity contribution in [2.24, 2.45) is 0 Å². The molecule has 0 spiro atoms. The number of hydrogen-bond acceptors (Lipinski definition) is 3. The number of alkyl halides is 1.